The van der Waals surface area contributed by atoms with Gasteiger partial charge in [-0.15, -0.1) is 0 Å². The van der Waals surface area contributed by atoms with Gasteiger partial charge in [0, 0.05) is 12.7 Å². The van der Waals surface area contributed by atoms with Crippen LogP contribution >= 0.6 is 11.6 Å². The molecule has 0 radical (unpaired) electrons. The minimum Gasteiger partial charge on any atom is -0.244 e. The maximum absolute atomic E-state index is 11.6. The molecule has 0 aliphatic rings. The van der Waals surface area contributed by atoms with Crippen LogP contribution in [0.1, 0.15) is 12.5 Å². The average molecular weight is 274 g/mol. The summed E-state index contributed by atoms with van der Waals surface area (Å²) < 4.78 is 25.6. The number of rotatable bonds is 5. The molecule has 1 aromatic rings. The molecule has 0 saturated carbocycles. The van der Waals surface area contributed by atoms with Gasteiger partial charge in [-0.05, 0) is 18.6 Å². The summed E-state index contributed by atoms with van der Waals surface area (Å²) >= 11 is 5.59. The van der Waals surface area contributed by atoms with Crippen LogP contribution in [-0.4, -0.2) is 19.9 Å². The summed E-state index contributed by atoms with van der Waals surface area (Å²) in [6, 6.07) is 5.08. The number of pyridine rings is 1. The number of nitriles is 1. The van der Waals surface area contributed by atoms with Crippen molar-refractivity contribution in [2.75, 3.05) is 6.54 Å². The first-order chi connectivity index (χ1) is 7.93. The molecular formula is C10H12ClN3O2S. The quantitative estimate of drug-likeness (QED) is 0.820. The summed E-state index contributed by atoms with van der Waals surface area (Å²) in [5, 5.41) is 8.86. The first-order valence-electron chi connectivity index (χ1n) is 4.90. The lowest BCUT2D eigenvalue weighted by Gasteiger charge is -2.07. The largest absolute Gasteiger partial charge is 0.244 e. The smallest absolute Gasteiger partial charge is 0.215 e. The van der Waals surface area contributed by atoms with E-state index in [2.05, 4.69) is 9.71 Å². The number of nitrogens with zero attached hydrogens (tertiary/aromatic N) is 2. The van der Waals surface area contributed by atoms with Crippen molar-refractivity contribution in [1.29, 1.82) is 5.26 Å². The molecule has 0 spiro atoms. The van der Waals surface area contributed by atoms with Crippen molar-refractivity contribution in [2.24, 2.45) is 5.92 Å². The van der Waals surface area contributed by atoms with Crippen LogP contribution in [-0.2, 0) is 15.8 Å². The molecule has 1 atom stereocenters. The summed E-state index contributed by atoms with van der Waals surface area (Å²) in [5.74, 6) is -0.525. The molecule has 0 bridgehead atoms. The lowest BCUT2D eigenvalue weighted by Crippen LogP contribution is -2.29. The Bertz CT molecular complexity index is 507. The van der Waals surface area contributed by atoms with Gasteiger partial charge in [-0.25, -0.2) is 18.1 Å². The fraction of sp³-hybridized carbons (Fsp3) is 0.400. The van der Waals surface area contributed by atoms with Gasteiger partial charge in [0.05, 0.1) is 17.7 Å². The van der Waals surface area contributed by atoms with E-state index in [-0.39, 0.29) is 18.2 Å². The molecule has 0 aromatic carbocycles. The minimum absolute atomic E-state index is 0.111. The van der Waals surface area contributed by atoms with E-state index in [1.54, 1.807) is 13.0 Å². The molecule has 0 saturated heterocycles. The van der Waals surface area contributed by atoms with Gasteiger partial charge in [0.1, 0.15) is 5.15 Å². The van der Waals surface area contributed by atoms with Crippen molar-refractivity contribution >= 4 is 21.6 Å². The molecule has 0 amide bonds. The highest BCUT2D eigenvalue weighted by molar-refractivity contribution is 7.88. The molecule has 7 heteroatoms. The van der Waals surface area contributed by atoms with Crippen molar-refractivity contribution in [2.45, 2.75) is 12.7 Å². The first kappa shape index (κ1) is 13.9. The zero-order valence-corrected chi connectivity index (χ0v) is 10.8. The zero-order valence-electron chi connectivity index (χ0n) is 9.22. The molecule has 0 aliphatic heterocycles. The summed E-state index contributed by atoms with van der Waals surface area (Å²) in [4.78, 5) is 3.80. The summed E-state index contributed by atoms with van der Waals surface area (Å²) in [6.45, 7) is 1.76. The Morgan fingerprint density at radius 2 is 2.29 bits per heavy atom. The van der Waals surface area contributed by atoms with Gasteiger partial charge in [0.25, 0.3) is 0 Å². The van der Waals surface area contributed by atoms with Crippen LogP contribution in [0.4, 0.5) is 0 Å². The second kappa shape index (κ2) is 5.96. The normalized spacial score (nSPS) is 13.0. The van der Waals surface area contributed by atoms with Crippen molar-refractivity contribution in [3.63, 3.8) is 0 Å². The molecule has 92 valence electrons. The van der Waals surface area contributed by atoms with E-state index in [0.717, 1.165) is 0 Å². The van der Waals surface area contributed by atoms with Crippen LogP contribution in [0.3, 0.4) is 0 Å². The van der Waals surface area contributed by atoms with Gasteiger partial charge in [0.15, 0.2) is 0 Å². The third kappa shape index (κ3) is 5.13. The molecule has 0 unspecified atom stereocenters. The van der Waals surface area contributed by atoms with E-state index in [1.165, 1.54) is 12.3 Å². The highest BCUT2D eigenvalue weighted by Crippen LogP contribution is 2.08. The Balaban J connectivity index is 2.61. The molecular weight excluding hydrogens is 262 g/mol. The van der Waals surface area contributed by atoms with Crippen molar-refractivity contribution in [3.8, 4) is 6.07 Å². The summed E-state index contributed by atoms with van der Waals surface area (Å²) in [7, 11) is -3.44. The predicted octanol–water partition coefficient (Wildman–Crippen LogP) is 1.31. The van der Waals surface area contributed by atoms with Crippen LogP contribution in [0.15, 0.2) is 18.3 Å². The molecule has 5 nitrogen and oxygen atoms in total. The molecule has 1 N–H and O–H groups in total. The fourth-order valence-corrected chi connectivity index (χ4v) is 2.39. The van der Waals surface area contributed by atoms with Gasteiger partial charge in [-0.3, -0.25) is 0 Å². The minimum atomic E-state index is -3.44. The van der Waals surface area contributed by atoms with Gasteiger partial charge >= 0.3 is 0 Å². The number of sulfonamides is 1. The van der Waals surface area contributed by atoms with Crippen LogP contribution in [0.2, 0.25) is 5.15 Å². The average Bonchev–Trinajstić information content (AvgIpc) is 2.29. The van der Waals surface area contributed by atoms with Gasteiger partial charge in [-0.1, -0.05) is 17.7 Å². The van der Waals surface area contributed by atoms with Gasteiger partial charge < -0.3 is 0 Å². The van der Waals surface area contributed by atoms with Crippen LogP contribution in [0.5, 0.6) is 0 Å². The predicted molar refractivity (Wildman–Crippen MR) is 64.7 cm³/mol. The Hall–Kier alpha value is -1.16. The molecule has 0 fully saturated rings. The lowest BCUT2D eigenvalue weighted by atomic mass is 10.2. The summed E-state index contributed by atoms with van der Waals surface area (Å²) in [5.41, 5.74) is 0.548. The summed E-state index contributed by atoms with van der Waals surface area (Å²) in [6.07, 6.45) is 1.41. The van der Waals surface area contributed by atoms with Gasteiger partial charge in [-0.2, -0.15) is 5.26 Å². The van der Waals surface area contributed by atoms with Crippen molar-refractivity contribution < 1.29 is 8.42 Å². The Labute approximate surface area is 105 Å². The van der Waals surface area contributed by atoms with E-state index in [0.29, 0.717) is 10.7 Å². The van der Waals surface area contributed by atoms with Gasteiger partial charge in [0.2, 0.25) is 10.0 Å². The van der Waals surface area contributed by atoms with E-state index in [1.807, 2.05) is 6.07 Å². The monoisotopic (exact) mass is 273 g/mol. The van der Waals surface area contributed by atoms with Crippen LogP contribution in [0.25, 0.3) is 0 Å². The van der Waals surface area contributed by atoms with E-state index < -0.39 is 10.0 Å². The zero-order chi connectivity index (χ0) is 12.9. The SMILES string of the molecule is C[C@H](C#N)CNS(=O)(=O)Cc1ccc(Cl)nc1. The third-order valence-corrected chi connectivity index (χ3v) is 3.52. The third-order valence-electron chi connectivity index (χ3n) is 1.98. The molecule has 1 heterocycles. The Morgan fingerprint density at radius 3 is 2.82 bits per heavy atom. The number of hydrogen-bond donors (Lipinski definition) is 1. The number of hydrogen-bond acceptors (Lipinski definition) is 4. The maximum atomic E-state index is 11.6. The molecule has 17 heavy (non-hydrogen) atoms. The molecule has 1 aromatic heterocycles. The van der Waals surface area contributed by atoms with E-state index in [9.17, 15) is 8.42 Å². The van der Waals surface area contributed by atoms with Crippen molar-refractivity contribution in [3.05, 3.63) is 29.0 Å². The Morgan fingerprint density at radius 1 is 1.59 bits per heavy atom. The highest BCUT2D eigenvalue weighted by atomic mass is 35.5. The number of aromatic nitrogens is 1. The Kier molecular flexibility index (Phi) is 4.87. The van der Waals surface area contributed by atoms with Crippen LogP contribution < -0.4 is 4.72 Å². The fourth-order valence-electron chi connectivity index (χ4n) is 1.06. The molecule has 1 rings (SSSR count). The van der Waals surface area contributed by atoms with E-state index >= 15 is 0 Å². The topological polar surface area (TPSA) is 82.9 Å². The standard InChI is InChI=1S/C10H12ClN3O2S/c1-8(4-12)5-14-17(15,16)7-9-2-3-10(11)13-6-9/h2-3,6,8,14H,5,7H2,1H3/t8-/m1/s1. The highest BCUT2D eigenvalue weighted by Gasteiger charge is 2.13. The maximum Gasteiger partial charge on any atom is 0.215 e. The second-order valence-electron chi connectivity index (χ2n) is 3.63. The number of nitrogens with one attached hydrogen (secondary N) is 1. The lowest BCUT2D eigenvalue weighted by molar-refractivity contribution is 0.572. The number of halogens is 1. The van der Waals surface area contributed by atoms with Crippen LogP contribution in [0, 0.1) is 17.2 Å². The first-order valence-corrected chi connectivity index (χ1v) is 6.93. The van der Waals surface area contributed by atoms with Crippen molar-refractivity contribution in [1.82, 2.24) is 9.71 Å². The molecule has 0 aliphatic carbocycles. The van der Waals surface area contributed by atoms with E-state index in [4.69, 9.17) is 16.9 Å². The second-order valence-corrected chi connectivity index (χ2v) is 5.82.